The standard InChI is InChI=1S/C17H20O4S.C14H16O3.C3H6O2S/c1-4-20-17(21-5-2)14-11-13(12-9-7-6-8-10-12)15(22-14)16(18)19-3;1-3-16-14(17-4-2)11-10-13(15)12-8-6-5-7-9-12;1-5-3(4)2-6/h6-11,17H,4-5H2,1-3H3;5-9,14H,3-4H2,1-2H3;6H,2H2,1H3. The molecule has 0 spiro atoms. The molecule has 3 aromatic rings. The van der Waals surface area contributed by atoms with E-state index in [1.54, 1.807) is 24.3 Å². The second-order valence-corrected chi connectivity index (χ2v) is 9.83. The van der Waals surface area contributed by atoms with Crippen LogP contribution in [-0.2, 0) is 33.2 Å². The molecule has 0 bridgehead atoms. The molecular weight excluding hydrogens is 616 g/mol. The minimum absolute atomic E-state index is 0.163. The van der Waals surface area contributed by atoms with Crippen LogP contribution in [0.25, 0.3) is 11.1 Å². The first kappa shape index (κ1) is 39.5. The molecule has 0 unspecified atom stereocenters. The van der Waals surface area contributed by atoms with Gasteiger partial charge in [-0.15, -0.1) is 11.3 Å². The molecule has 1 aromatic heterocycles. The number of methoxy groups -OCH3 is 2. The van der Waals surface area contributed by atoms with Gasteiger partial charge in [0, 0.05) is 37.6 Å². The Kier molecular flexibility index (Phi) is 20.9. The second kappa shape index (κ2) is 23.8. The van der Waals surface area contributed by atoms with Crippen LogP contribution in [0.15, 0.2) is 66.7 Å². The summed E-state index contributed by atoms with van der Waals surface area (Å²) in [5.41, 5.74) is 2.39. The normalized spacial score (nSPS) is 10.1. The molecule has 1 heterocycles. The van der Waals surface area contributed by atoms with E-state index < -0.39 is 12.6 Å². The van der Waals surface area contributed by atoms with E-state index in [1.165, 1.54) is 25.6 Å². The number of thiol groups is 1. The van der Waals surface area contributed by atoms with Crippen LogP contribution < -0.4 is 0 Å². The van der Waals surface area contributed by atoms with E-state index in [0.717, 1.165) is 16.0 Å². The summed E-state index contributed by atoms with van der Waals surface area (Å²) in [5.74, 6) is 4.50. The summed E-state index contributed by atoms with van der Waals surface area (Å²) in [7, 11) is 2.72. The number of hydrogen-bond donors (Lipinski definition) is 1. The Morgan fingerprint density at radius 1 is 0.778 bits per heavy atom. The Morgan fingerprint density at radius 2 is 1.31 bits per heavy atom. The average Bonchev–Trinajstić information content (AvgIpc) is 3.53. The van der Waals surface area contributed by atoms with Crippen LogP contribution in [0.2, 0.25) is 0 Å². The monoisotopic (exact) mass is 658 g/mol. The Bertz CT molecular complexity index is 1310. The fourth-order valence-electron chi connectivity index (χ4n) is 3.40. The predicted molar refractivity (Wildman–Crippen MR) is 179 cm³/mol. The molecule has 9 nitrogen and oxygen atoms in total. The number of carbonyl (C=O) groups excluding carboxylic acids is 3. The zero-order valence-corrected chi connectivity index (χ0v) is 28.3. The van der Waals surface area contributed by atoms with Crippen molar-refractivity contribution in [3.63, 3.8) is 0 Å². The molecular formula is C34H42O9S2. The van der Waals surface area contributed by atoms with Gasteiger partial charge >= 0.3 is 11.9 Å². The van der Waals surface area contributed by atoms with Crippen LogP contribution in [0, 0.1) is 11.8 Å². The smallest absolute Gasteiger partial charge is 0.348 e. The van der Waals surface area contributed by atoms with Crippen molar-refractivity contribution in [2.45, 2.75) is 40.3 Å². The number of esters is 2. The van der Waals surface area contributed by atoms with E-state index in [2.05, 4.69) is 29.2 Å². The molecule has 244 valence electrons. The molecule has 0 saturated carbocycles. The lowest BCUT2D eigenvalue weighted by molar-refractivity contribution is -0.138. The van der Waals surface area contributed by atoms with E-state index in [1.807, 2.05) is 70.2 Å². The van der Waals surface area contributed by atoms with Crippen LogP contribution in [0.1, 0.15) is 58.9 Å². The average molecular weight is 659 g/mol. The third kappa shape index (κ3) is 14.9. The van der Waals surface area contributed by atoms with Gasteiger partial charge in [-0.1, -0.05) is 60.7 Å². The highest BCUT2D eigenvalue weighted by molar-refractivity contribution is 7.81. The zero-order chi connectivity index (χ0) is 33.5. The molecule has 0 atom stereocenters. The molecule has 0 amide bonds. The Balaban J connectivity index is 0.000000390. The lowest BCUT2D eigenvalue weighted by atomic mass is 10.1. The largest absolute Gasteiger partial charge is 0.468 e. The third-order valence-corrected chi connectivity index (χ3v) is 6.80. The van der Waals surface area contributed by atoms with Gasteiger partial charge in [0.05, 0.1) is 24.8 Å². The number of benzene rings is 2. The Labute approximate surface area is 275 Å². The summed E-state index contributed by atoms with van der Waals surface area (Å²) in [6.07, 6.45) is -1.08. The quantitative estimate of drug-likeness (QED) is 0.0541. The summed E-state index contributed by atoms with van der Waals surface area (Å²) < 4.78 is 30.8. The SMILES string of the molecule is CCOC(C#CC(=O)c1ccccc1)OCC.CCOC(OCC)c1cc(-c2ccccc2)c(C(=O)OC)s1.COC(=O)CS. The Morgan fingerprint density at radius 3 is 1.76 bits per heavy atom. The number of rotatable bonds is 13. The van der Waals surface area contributed by atoms with E-state index in [0.29, 0.717) is 36.9 Å². The highest BCUT2D eigenvalue weighted by atomic mass is 32.1. The molecule has 3 rings (SSSR count). The lowest BCUT2D eigenvalue weighted by Crippen LogP contribution is -2.15. The number of ketones is 1. The molecule has 0 aliphatic rings. The third-order valence-electron chi connectivity index (χ3n) is 5.41. The molecule has 0 N–H and O–H groups in total. The van der Waals surface area contributed by atoms with Crippen LogP contribution in [0.4, 0.5) is 0 Å². The maximum Gasteiger partial charge on any atom is 0.348 e. The van der Waals surface area contributed by atoms with Gasteiger partial charge in [-0.3, -0.25) is 9.59 Å². The van der Waals surface area contributed by atoms with Crippen molar-refractivity contribution in [2.24, 2.45) is 0 Å². The van der Waals surface area contributed by atoms with Crippen molar-refractivity contribution in [3.8, 4) is 23.0 Å². The summed E-state index contributed by atoms with van der Waals surface area (Å²) in [6.45, 7) is 9.61. The maximum absolute atomic E-state index is 12.1. The molecule has 0 aliphatic carbocycles. The number of thiophene rings is 1. The van der Waals surface area contributed by atoms with E-state index in [9.17, 15) is 14.4 Å². The van der Waals surface area contributed by atoms with Crippen LogP contribution in [0.5, 0.6) is 0 Å². The lowest BCUT2D eigenvalue weighted by Gasteiger charge is -2.14. The van der Waals surface area contributed by atoms with Gasteiger partial charge in [-0.05, 0) is 51.2 Å². The minimum Gasteiger partial charge on any atom is -0.468 e. The number of hydrogen-bond acceptors (Lipinski definition) is 11. The minimum atomic E-state index is -0.627. The van der Waals surface area contributed by atoms with Crippen LogP contribution in [-0.4, -0.2) is 70.4 Å². The molecule has 2 aromatic carbocycles. The number of Topliss-reactive ketones (excluding diaryl/α,β-unsaturated/α-hetero) is 1. The van der Waals surface area contributed by atoms with Crippen molar-refractivity contribution < 1.29 is 42.8 Å². The van der Waals surface area contributed by atoms with Crippen molar-refractivity contribution in [3.05, 3.63) is 82.0 Å². The van der Waals surface area contributed by atoms with Gasteiger partial charge in [0.25, 0.3) is 0 Å². The van der Waals surface area contributed by atoms with Crippen molar-refractivity contribution in [2.75, 3.05) is 46.4 Å². The molecule has 45 heavy (non-hydrogen) atoms. The molecule has 11 heteroatoms. The predicted octanol–water partition coefficient (Wildman–Crippen LogP) is 6.63. The first-order valence-corrected chi connectivity index (χ1v) is 15.8. The molecule has 0 fully saturated rings. The first-order chi connectivity index (χ1) is 21.8. The van der Waals surface area contributed by atoms with Gasteiger partial charge < -0.3 is 28.4 Å². The molecule has 0 aliphatic heterocycles. The van der Waals surface area contributed by atoms with E-state index in [-0.39, 0.29) is 23.5 Å². The van der Waals surface area contributed by atoms with Crippen molar-refractivity contribution in [1.29, 1.82) is 0 Å². The molecule has 0 saturated heterocycles. The van der Waals surface area contributed by atoms with E-state index in [4.69, 9.17) is 23.7 Å². The van der Waals surface area contributed by atoms with E-state index >= 15 is 0 Å². The summed E-state index contributed by atoms with van der Waals surface area (Å²) in [5, 5.41) is 0. The highest BCUT2D eigenvalue weighted by Gasteiger charge is 2.23. The van der Waals surface area contributed by atoms with Crippen molar-refractivity contribution in [1.82, 2.24) is 0 Å². The van der Waals surface area contributed by atoms with Crippen LogP contribution in [0.3, 0.4) is 0 Å². The second-order valence-electron chi connectivity index (χ2n) is 8.43. The van der Waals surface area contributed by atoms with Crippen LogP contribution >= 0.6 is 24.0 Å². The number of ether oxygens (including phenoxy) is 6. The fraction of sp³-hybridized carbons (Fsp3) is 0.382. The van der Waals surface area contributed by atoms with Gasteiger partial charge in [0.1, 0.15) is 4.88 Å². The van der Waals surface area contributed by atoms with Gasteiger partial charge in [-0.25, -0.2) is 4.79 Å². The topological polar surface area (TPSA) is 107 Å². The fourth-order valence-corrected chi connectivity index (χ4v) is 4.63. The molecule has 0 radical (unpaired) electrons. The first-order valence-electron chi connectivity index (χ1n) is 14.3. The number of carbonyl (C=O) groups is 3. The Hall–Kier alpha value is -3.50. The summed E-state index contributed by atoms with van der Waals surface area (Å²) in [6, 6.07) is 20.6. The summed E-state index contributed by atoms with van der Waals surface area (Å²) >= 11 is 4.97. The van der Waals surface area contributed by atoms with Gasteiger partial charge in [0.15, 0.2) is 6.29 Å². The highest BCUT2D eigenvalue weighted by Crippen LogP contribution is 2.36. The zero-order valence-electron chi connectivity index (χ0n) is 26.6. The van der Waals surface area contributed by atoms with Crippen molar-refractivity contribution >= 4 is 41.7 Å². The van der Waals surface area contributed by atoms with Gasteiger partial charge in [0.2, 0.25) is 12.1 Å². The van der Waals surface area contributed by atoms with Gasteiger partial charge in [-0.2, -0.15) is 12.6 Å². The summed E-state index contributed by atoms with van der Waals surface area (Å²) in [4.78, 5) is 35.0. The maximum atomic E-state index is 12.1.